The standard InChI is InChI=1S/C19H29N3O3/c1-14(2)5-9-22-10-7-19(8-11-22)6-4-16(24-19)13-20-18(23)17-12-15(3)21-25-17/h5,12,16H,4,6-11,13H2,1-3H3,(H,20,23)/t16-/m1/s1. The molecule has 1 spiro atoms. The van der Waals surface area contributed by atoms with Crippen LogP contribution in [0.15, 0.2) is 22.2 Å². The third kappa shape index (κ3) is 4.70. The Labute approximate surface area is 149 Å². The number of hydrogen-bond acceptors (Lipinski definition) is 5. The molecule has 0 bridgehead atoms. The number of nitrogens with one attached hydrogen (secondary N) is 1. The van der Waals surface area contributed by atoms with Crippen LogP contribution in [0.4, 0.5) is 0 Å². The monoisotopic (exact) mass is 347 g/mol. The van der Waals surface area contributed by atoms with Crippen LogP contribution in [0, 0.1) is 6.92 Å². The van der Waals surface area contributed by atoms with E-state index < -0.39 is 0 Å². The molecule has 2 aliphatic rings. The Kier molecular flexibility index (Phi) is 5.59. The van der Waals surface area contributed by atoms with Gasteiger partial charge in [-0.15, -0.1) is 0 Å². The summed E-state index contributed by atoms with van der Waals surface area (Å²) in [6, 6.07) is 1.65. The van der Waals surface area contributed by atoms with Crippen molar-refractivity contribution in [2.75, 3.05) is 26.2 Å². The molecule has 0 saturated carbocycles. The van der Waals surface area contributed by atoms with Crippen LogP contribution in [0.25, 0.3) is 0 Å². The Balaban J connectivity index is 1.43. The average Bonchev–Trinajstić information content (AvgIpc) is 3.19. The second-order valence-electron chi connectivity index (χ2n) is 7.59. The van der Waals surface area contributed by atoms with E-state index >= 15 is 0 Å². The molecule has 138 valence electrons. The number of aromatic nitrogens is 1. The van der Waals surface area contributed by atoms with Gasteiger partial charge in [0.05, 0.1) is 17.4 Å². The fraction of sp³-hybridized carbons (Fsp3) is 0.684. The maximum Gasteiger partial charge on any atom is 0.289 e. The molecular weight excluding hydrogens is 318 g/mol. The van der Waals surface area contributed by atoms with Crippen LogP contribution >= 0.6 is 0 Å². The van der Waals surface area contributed by atoms with Gasteiger partial charge in [0.25, 0.3) is 5.91 Å². The third-order valence-electron chi connectivity index (χ3n) is 5.21. The Morgan fingerprint density at radius 1 is 1.40 bits per heavy atom. The van der Waals surface area contributed by atoms with E-state index in [1.807, 2.05) is 0 Å². The first-order valence-electron chi connectivity index (χ1n) is 9.21. The lowest BCUT2D eigenvalue weighted by atomic mass is 9.88. The molecule has 3 rings (SSSR count). The van der Waals surface area contributed by atoms with Crippen molar-refractivity contribution in [3.63, 3.8) is 0 Å². The van der Waals surface area contributed by atoms with Gasteiger partial charge in [0, 0.05) is 32.2 Å². The van der Waals surface area contributed by atoms with Crippen molar-refractivity contribution in [2.24, 2.45) is 0 Å². The molecule has 25 heavy (non-hydrogen) atoms. The van der Waals surface area contributed by atoms with Gasteiger partial charge in [-0.2, -0.15) is 0 Å². The Morgan fingerprint density at radius 3 is 2.80 bits per heavy atom. The van der Waals surface area contributed by atoms with Crippen LogP contribution in [-0.4, -0.2) is 53.8 Å². The van der Waals surface area contributed by atoms with E-state index in [1.165, 1.54) is 5.57 Å². The van der Waals surface area contributed by atoms with Crippen LogP contribution in [0.1, 0.15) is 55.8 Å². The van der Waals surface area contributed by atoms with Gasteiger partial charge in [0.2, 0.25) is 5.76 Å². The fourth-order valence-electron chi connectivity index (χ4n) is 3.63. The summed E-state index contributed by atoms with van der Waals surface area (Å²) in [4.78, 5) is 14.5. The predicted octanol–water partition coefficient (Wildman–Crippen LogP) is 2.69. The lowest BCUT2D eigenvalue weighted by Gasteiger charge is -2.39. The van der Waals surface area contributed by atoms with Gasteiger partial charge < -0.3 is 14.6 Å². The minimum atomic E-state index is -0.221. The van der Waals surface area contributed by atoms with E-state index in [9.17, 15) is 4.79 Å². The Hall–Kier alpha value is -1.66. The van der Waals surface area contributed by atoms with E-state index in [0.29, 0.717) is 12.2 Å². The van der Waals surface area contributed by atoms with Gasteiger partial charge in [-0.1, -0.05) is 16.8 Å². The molecule has 6 nitrogen and oxygen atoms in total. The number of nitrogens with zero attached hydrogens (tertiary/aromatic N) is 2. The number of likely N-dealkylation sites (tertiary alicyclic amines) is 1. The molecule has 2 saturated heterocycles. The van der Waals surface area contributed by atoms with Crippen molar-refractivity contribution >= 4 is 5.91 Å². The molecule has 1 aromatic rings. The maximum absolute atomic E-state index is 12.0. The molecule has 0 aliphatic carbocycles. The maximum atomic E-state index is 12.0. The van der Waals surface area contributed by atoms with E-state index in [4.69, 9.17) is 9.26 Å². The number of rotatable bonds is 5. The number of ether oxygens (including phenoxy) is 1. The quantitative estimate of drug-likeness (QED) is 0.830. The molecule has 1 N–H and O–H groups in total. The summed E-state index contributed by atoms with van der Waals surface area (Å²) in [7, 11) is 0. The number of carbonyl (C=O) groups is 1. The first-order chi connectivity index (χ1) is 12.0. The Morgan fingerprint density at radius 2 is 2.16 bits per heavy atom. The Bertz CT molecular complexity index is 626. The number of carbonyl (C=O) groups excluding carboxylic acids is 1. The van der Waals surface area contributed by atoms with Crippen LogP contribution in [0.2, 0.25) is 0 Å². The van der Waals surface area contributed by atoms with Crippen LogP contribution in [-0.2, 0) is 4.74 Å². The van der Waals surface area contributed by atoms with E-state index in [1.54, 1.807) is 13.0 Å². The van der Waals surface area contributed by atoms with E-state index in [-0.39, 0.29) is 23.4 Å². The van der Waals surface area contributed by atoms with Crippen LogP contribution in [0.5, 0.6) is 0 Å². The van der Waals surface area contributed by atoms with Crippen molar-refractivity contribution in [1.29, 1.82) is 0 Å². The molecular formula is C19H29N3O3. The molecule has 2 fully saturated rings. The van der Waals surface area contributed by atoms with Crippen molar-refractivity contribution in [3.8, 4) is 0 Å². The van der Waals surface area contributed by atoms with Gasteiger partial charge in [-0.25, -0.2) is 0 Å². The summed E-state index contributed by atoms with van der Waals surface area (Å²) in [5, 5.41) is 6.64. The summed E-state index contributed by atoms with van der Waals surface area (Å²) in [5.41, 5.74) is 2.09. The average molecular weight is 347 g/mol. The van der Waals surface area contributed by atoms with Gasteiger partial charge in [-0.05, 0) is 46.5 Å². The van der Waals surface area contributed by atoms with E-state index in [0.717, 1.165) is 45.3 Å². The molecule has 3 heterocycles. The summed E-state index contributed by atoms with van der Waals surface area (Å²) in [6.45, 7) is 9.82. The number of piperidine rings is 1. The number of hydrogen-bond donors (Lipinski definition) is 1. The highest BCUT2D eigenvalue weighted by Gasteiger charge is 2.42. The smallest absolute Gasteiger partial charge is 0.289 e. The zero-order valence-electron chi connectivity index (χ0n) is 15.5. The SMILES string of the molecule is CC(C)=CCN1CCC2(CC[C@H](CNC(=O)c3cc(C)no3)O2)CC1. The van der Waals surface area contributed by atoms with Gasteiger partial charge in [0.1, 0.15) is 0 Å². The largest absolute Gasteiger partial charge is 0.370 e. The minimum absolute atomic E-state index is 0.0136. The summed E-state index contributed by atoms with van der Waals surface area (Å²) >= 11 is 0. The number of allylic oxidation sites excluding steroid dienone is 1. The van der Waals surface area contributed by atoms with Crippen molar-refractivity contribution in [2.45, 2.75) is 58.2 Å². The first-order valence-corrected chi connectivity index (χ1v) is 9.21. The topological polar surface area (TPSA) is 67.6 Å². The highest BCUT2D eigenvalue weighted by Crippen LogP contribution is 2.38. The van der Waals surface area contributed by atoms with Crippen LogP contribution < -0.4 is 5.32 Å². The normalized spacial score (nSPS) is 22.9. The van der Waals surface area contributed by atoms with E-state index in [2.05, 4.69) is 35.3 Å². The summed E-state index contributed by atoms with van der Waals surface area (Å²) in [5.74, 6) is 0.0412. The lowest BCUT2D eigenvalue weighted by molar-refractivity contribution is -0.0741. The van der Waals surface area contributed by atoms with Gasteiger partial charge in [-0.3, -0.25) is 9.69 Å². The zero-order valence-corrected chi connectivity index (χ0v) is 15.5. The summed E-state index contributed by atoms with van der Waals surface area (Å²) in [6.07, 6.45) is 6.63. The highest BCUT2D eigenvalue weighted by molar-refractivity contribution is 5.91. The molecule has 2 aliphatic heterocycles. The third-order valence-corrected chi connectivity index (χ3v) is 5.21. The second-order valence-corrected chi connectivity index (χ2v) is 7.59. The molecule has 6 heteroatoms. The van der Waals surface area contributed by atoms with Gasteiger partial charge >= 0.3 is 0 Å². The fourth-order valence-corrected chi connectivity index (χ4v) is 3.63. The molecule has 1 aromatic heterocycles. The zero-order chi connectivity index (χ0) is 17.9. The first kappa shape index (κ1) is 18.1. The van der Waals surface area contributed by atoms with Crippen molar-refractivity contribution < 1.29 is 14.1 Å². The highest BCUT2D eigenvalue weighted by atomic mass is 16.5. The van der Waals surface area contributed by atoms with Crippen molar-refractivity contribution in [1.82, 2.24) is 15.4 Å². The minimum Gasteiger partial charge on any atom is -0.370 e. The molecule has 0 unspecified atom stereocenters. The molecule has 0 aromatic carbocycles. The number of aryl methyl sites for hydroxylation is 1. The molecule has 0 radical (unpaired) electrons. The van der Waals surface area contributed by atoms with Crippen molar-refractivity contribution in [3.05, 3.63) is 29.2 Å². The number of amides is 1. The molecule has 1 atom stereocenters. The molecule has 1 amide bonds. The lowest BCUT2D eigenvalue weighted by Crippen LogP contribution is -2.45. The summed E-state index contributed by atoms with van der Waals surface area (Å²) < 4.78 is 11.3. The predicted molar refractivity (Wildman–Crippen MR) is 95.5 cm³/mol. The van der Waals surface area contributed by atoms with Gasteiger partial charge in [0.15, 0.2) is 0 Å². The van der Waals surface area contributed by atoms with Crippen LogP contribution in [0.3, 0.4) is 0 Å². The second kappa shape index (κ2) is 7.70.